The van der Waals surface area contributed by atoms with E-state index in [1.54, 1.807) is 0 Å². The number of benzene rings is 1. The molecule has 0 spiro atoms. The Morgan fingerprint density at radius 3 is 2.86 bits per heavy atom. The molecule has 14 heavy (non-hydrogen) atoms. The van der Waals surface area contributed by atoms with Gasteiger partial charge in [0, 0.05) is 11.1 Å². The fraction of sp³-hybridized carbons (Fsp3) is 0.400. The Labute approximate surface area is 95.0 Å². The van der Waals surface area contributed by atoms with Crippen LogP contribution in [-0.4, -0.2) is 12.6 Å². The summed E-state index contributed by atoms with van der Waals surface area (Å²) in [5.74, 6) is 0. The first-order valence-electron chi connectivity index (χ1n) is 4.39. The molecule has 78 valence electrons. The van der Waals surface area contributed by atoms with Gasteiger partial charge in [-0.15, -0.1) is 12.4 Å². The molecule has 1 aromatic rings. The molecule has 0 aromatic heterocycles. The molecule has 4 heteroatoms. The summed E-state index contributed by atoms with van der Waals surface area (Å²) in [6.07, 6.45) is 0.00806. The van der Waals surface area contributed by atoms with Crippen molar-refractivity contribution in [2.75, 3.05) is 6.61 Å². The first kappa shape index (κ1) is 11.8. The molecule has 2 atom stereocenters. The molecule has 1 N–H and O–H groups in total. The molecule has 2 nitrogen and oxygen atoms in total. The predicted octanol–water partition coefficient (Wildman–Crippen LogP) is 2.77. The first-order valence-corrected chi connectivity index (χ1v) is 4.76. The molecule has 1 aliphatic heterocycles. The van der Waals surface area contributed by atoms with E-state index in [0.717, 1.165) is 17.2 Å². The lowest BCUT2D eigenvalue weighted by atomic mass is 10.2. The van der Waals surface area contributed by atoms with Gasteiger partial charge in [-0.2, -0.15) is 0 Å². The third-order valence-electron chi connectivity index (χ3n) is 2.10. The van der Waals surface area contributed by atoms with Gasteiger partial charge in [-0.25, -0.2) is 0 Å². The highest BCUT2D eigenvalue weighted by Gasteiger charge is 2.21. The molecular formula is C10H13Cl2NO. The molecule has 1 aromatic carbocycles. The normalized spacial score (nSPS) is 25.9. The van der Waals surface area contributed by atoms with E-state index in [2.05, 4.69) is 12.2 Å². The maximum absolute atomic E-state index is 5.88. The van der Waals surface area contributed by atoms with E-state index in [-0.39, 0.29) is 18.6 Å². The molecule has 1 aliphatic rings. The van der Waals surface area contributed by atoms with Crippen molar-refractivity contribution in [3.05, 3.63) is 34.9 Å². The summed E-state index contributed by atoms with van der Waals surface area (Å²) in [5, 5.41) is 4.07. The van der Waals surface area contributed by atoms with Crippen LogP contribution in [0.25, 0.3) is 0 Å². The van der Waals surface area contributed by atoms with Gasteiger partial charge in [0.15, 0.2) is 0 Å². The van der Waals surface area contributed by atoms with Gasteiger partial charge in [0.25, 0.3) is 0 Å². The lowest BCUT2D eigenvalue weighted by Crippen LogP contribution is -2.22. The fourth-order valence-electron chi connectivity index (χ4n) is 1.46. The summed E-state index contributed by atoms with van der Waals surface area (Å²) in [6, 6.07) is 8.16. The van der Waals surface area contributed by atoms with Crippen LogP contribution in [0.3, 0.4) is 0 Å². The monoisotopic (exact) mass is 233 g/mol. The quantitative estimate of drug-likeness (QED) is 0.806. The zero-order valence-corrected chi connectivity index (χ0v) is 9.44. The Bertz CT molecular complexity index is 306. The topological polar surface area (TPSA) is 21.3 Å². The van der Waals surface area contributed by atoms with Gasteiger partial charge in [-0.05, 0) is 24.6 Å². The van der Waals surface area contributed by atoms with Crippen molar-refractivity contribution >= 4 is 24.0 Å². The van der Waals surface area contributed by atoms with E-state index in [4.69, 9.17) is 16.3 Å². The molecule has 0 saturated carbocycles. The highest BCUT2D eigenvalue weighted by atomic mass is 35.5. The first-order chi connectivity index (χ1) is 6.25. The zero-order chi connectivity index (χ0) is 9.26. The number of hydrogen-bond donors (Lipinski definition) is 1. The van der Waals surface area contributed by atoms with Crippen LogP contribution in [0.15, 0.2) is 24.3 Å². The standard InChI is InChI=1S/C10H12ClNO.ClH/c1-7-6-13-10(12-7)8-3-2-4-9(11)5-8;/h2-5,7,10,12H,6H2,1H3;1H. The zero-order valence-electron chi connectivity index (χ0n) is 7.87. The predicted molar refractivity (Wildman–Crippen MR) is 60.0 cm³/mol. The number of ether oxygens (including phenoxy) is 1. The van der Waals surface area contributed by atoms with Gasteiger partial charge >= 0.3 is 0 Å². The highest BCUT2D eigenvalue weighted by molar-refractivity contribution is 6.30. The van der Waals surface area contributed by atoms with Crippen LogP contribution >= 0.6 is 24.0 Å². The van der Waals surface area contributed by atoms with E-state index >= 15 is 0 Å². The van der Waals surface area contributed by atoms with Crippen LogP contribution in [0, 0.1) is 0 Å². The Morgan fingerprint density at radius 2 is 2.29 bits per heavy atom. The summed E-state index contributed by atoms with van der Waals surface area (Å²) in [6.45, 7) is 2.86. The molecule has 1 heterocycles. The summed E-state index contributed by atoms with van der Waals surface area (Å²) in [4.78, 5) is 0. The minimum absolute atomic E-state index is 0. The van der Waals surface area contributed by atoms with Gasteiger partial charge in [-0.1, -0.05) is 23.7 Å². The van der Waals surface area contributed by atoms with Gasteiger partial charge in [0.2, 0.25) is 0 Å². The van der Waals surface area contributed by atoms with Crippen molar-refractivity contribution < 1.29 is 4.74 Å². The van der Waals surface area contributed by atoms with Crippen LogP contribution in [0.5, 0.6) is 0 Å². The third-order valence-corrected chi connectivity index (χ3v) is 2.34. The van der Waals surface area contributed by atoms with Crippen molar-refractivity contribution in [2.24, 2.45) is 0 Å². The second-order valence-electron chi connectivity index (χ2n) is 3.34. The van der Waals surface area contributed by atoms with E-state index in [1.165, 1.54) is 0 Å². The largest absolute Gasteiger partial charge is 0.357 e. The van der Waals surface area contributed by atoms with Crippen molar-refractivity contribution in [3.8, 4) is 0 Å². The van der Waals surface area contributed by atoms with Gasteiger partial charge < -0.3 is 4.74 Å². The van der Waals surface area contributed by atoms with E-state index in [9.17, 15) is 0 Å². The maximum atomic E-state index is 5.88. The van der Waals surface area contributed by atoms with Crippen molar-refractivity contribution in [1.82, 2.24) is 5.32 Å². The van der Waals surface area contributed by atoms with Gasteiger partial charge in [-0.3, -0.25) is 5.32 Å². The molecular weight excluding hydrogens is 221 g/mol. The highest BCUT2D eigenvalue weighted by Crippen LogP contribution is 2.22. The smallest absolute Gasteiger partial charge is 0.134 e. The molecule has 1 fully saturated rings. The minimum Gasteiger partial charge on any atom is -0.357 e. The number of hydrogen-bond acceptors (Lipinski definition) is 2. The van der Waals surface area contributed by atoms with Crippen molar-refractivity contribution in [1.29, 1.82) is 0 Å². The number of nitrogens with one attached hydrogen (secondary N) is 1. The number of halogens is 2. The minimum atomic E-state index is 0. The van der Waals surface area contributed by atoms with Crippen LogP contribution < -0.4 is 5.32 Å². The molecule has 0 amide bonds. The third kappa shape index (κ3) is 2.61. The molecule has 2 rings (SSSR count). The van der Waals surface area contributed by atoms with Crippen molar-refractivity contribution in [3.63, 3.8) is 0 Å². The lowest BCUT2D eigenvalue weighted by molar-refractivity contribution is 0.101. The summed E-state index contributed by atoms with van der Waals surface area (Å²) in [7, 11) is 0. The molecule has 0 aliphatic carbocycles. The Kier molecular flexibility index (Phi) is 4.20. The average molecular weight is 234 g/mol. The van der Waals surface area contributed by atoms with Gasteiger partial charge in [0.05, 0.1) is 6.61 Å². The summed E-state index contributed by atoms with van der Waals surface area (Å²) >= 11 is 5.88. The maximum Gasteiger partial charge on any atom is 0.134 e. The lowest BCUT2D eigenvalue weighted by Gasteiger charge is -2.10. The summed E-state index contributed by atoms with van der Waals surface area (Å²) in [5.41, 5.74) is 1.09. The second-order valence-corrected chi connectivity index (χ2v) is 3.77. The SMILES string of the molecule is CC1COC(c2cccc(Cl)c2)N1.Cl. The van der Waals surface area contributed by atoms with Crippen molar-refractivity contribution in [2.45, 2.75) is 19.2 Å². The van der Waals surface area contributed by atoms with Crippen LogP contribution in [-0.2, 0) is 4.74 Å². The van der Waals surface area contributed by atoms with E-state index in [0.29, 0.717) is 6.04 Å². The van der Waals surface area contributed by atoms with Crippen LogP contribution in [0.4, 0.5) is 0 Å². The molecule has 2 unspecified atom stereocenters. The fourth-order valence-corrected chi connectivity index (χ4v) is 1.66. The van der Waals surface area contributed by atoms with Crippen LogP contribution in [0.1, 0.15) is 18.7 Å². The second kappa shape index (κ2) is 4.99. The van der Waals surface area contributed by atoms with Crippen LogP contribution in [0.2, 0.25) is 5.02 Å². The molecule has 0 radical (unpaired) electrons. The Morgan fingerprint density at radius 1 is 1.50 bits per heavy atom. The number of rotatable bonds is 1. The van der Waals surface area contributed by atoms with Gasteiger partial charge in [0.1, 0.15) is 6.23 Å². The van der Waals surface area contributed by atoms with E-state index < -0.39 is 0 Å². The average Bonchev–Trinajstić information content (AvgIpc) is 2.52. The Hall–Kier alpha value is -0.280. The van der Waals surface area contributed by atoms with E-state index in [1.807, 2.05) is 24.3 Å². The molecule has 1 saturated heterocycles. The molecule has 0 bridgehead atoms. The Balaban J connectivity index is 0.000000980. The summed E-state index contributed by atoms with van der Waals surface area (Å²) < 4.78 is 5.54.